The molecule has 0 aliphatic carbocycles. The third-order valence-corrected chi connectivity index (χ3v) is 4.63. The number of non-ortho nitro benzene ring substituents is 1. The van der Waals surface area contributed by atoms with Gasteiger partial charge in [0.2, 0.25) is 5.95 Å². The van der Waals surface area contributed by atoms with Gasteiger partial charge in [-0.25, -0.2) is 15.0 Å². The van der Waals surface area contributed by atoms with Crippen LogP contribution in [-0.4, -0.2) is 28.2 Å². The van der Waals surface area contributed by atoms with Crippen LogP contribution < -0.4 is 5.01 Å². The van der Waals surface area contributed by atoms with Crippen LogP contribution in [0.4, 0.5) is 11.6 Å². The second-order valence-electron chi connectivity index (χ2n) is 6.79. The highest BCUT2D eigenvalue weighted by Crippen LogP contribution is 2.26. The third-order valence-electron chi connectivity index (χ3n) is 4.63. The SMILES string of the molecule is CN(/N=C\c1ccc([N+](=O)[O-])cc1)c1nc(-c2ccccc2)cc(-c2ccccc2)n1. The van der Waals surface area contributed by atoms with E-state index >= 15 is 0 Å². The minimum Gasteiger partial charge on any atom is -0.258 e. The van der Waals surface area contributed by atoms with Gasteiger partial charge >= 0.3 is 0 Å². The van der Waals surface area contributed by atoms with Gasteiger partial charge in [-0.05, 0) is 23.8 Å². The highest BCUT2D eigenvalue weighted by atomic mass is 16.6. The Hall–Kier alpha value is -4.39. The Bertz CT molecular complexity index is 1150. The maximum Gasteiger partial charge on any atom is 0.269 e. The maximum atomic E-state index is 10.8. The summed E-state index contributed by atoms with van der Waals surface area (Å²) in [7, 11) is 1.76. The number of nitro groups is 1. The molecule has 0 amide bonds. The third kappa shape index (κ3) is 4.79. The summed E-state index contributed by atoms with van der Waals surface area (Å²) in [5.41, 5.74) is 4.33. The summed E-state index contributed by atoms with van der Waals surface area (Å²) in [6.45, 7) is 0. The molecular weight excluding hydrogens is 390 g/mol. The molecular formula is C24H19N5O2. The molecule has 0 aliphatic rings. The van der Waals surface area contributed by atoms with Crippen LogP contribution in [0, 0.1) is 10.1 Å². The number of benzene rings is 3. The van der Waals surface area contributed by atoms with Gasteiger partial charge in [-0.15, -0.1) is 0 Å². The highest BCUT2D eigenvalue weighted by molar-refractivity contribution is 5.80. The zero-order valence-corrected chi connectivity index (χ0v) is 16.8. The average molecular weight is 409 g/mol. The summed E-state index contributed by atoms with van der Waals surface area (Å²) < 4.78 is 0. The van der Waals surface area contributed by atoms with E-state index < -0.39 is 4.92 Å². The molecule has 1 aromatic heterocycles. The van der Waals surface area contributed by atoms with Crippen molar-refractivity contribution < 1.29 is 4.92 Å². The summed E-state index contributed by atoms with van der Waals surface area (Å²) in [6, 6.07) is 27.9. The molecule has 0 unspecified atom stereocenters. The van der Waals surface area contributed by atoms with E-state index in [2.05, 4.69) is 5.10 Å². The van der Waals surface area contributed by atoms with Gasteiger partial charge in [0, 0.05) is 30.3 Å². The molecule has 4 aromatic rings. The van der Waals surface area contributed by atoms with E-state index in [1.165, 1.54) is 12.1 Å². The Balaban J connectivity index is 1.68. The van der Waals surface area contributed by atoms with Gasteiger partial charge in [-0.2, -0.15) is 5.10 Å². The fourth-order valence-corrected chi connectivity index (χ4v) is 2.98. The number of hydrogen-bond acceptors (Lipinski definition) is 6. The van der Waals surface area contributed by atoms with Gasteiger partial charge in [0.25, 0.3) is 5.69 Å². The van der Waals surface area contributed by atoms with E-state index in [4.69, 9.17) is 9.97 Å². The molecule has 0 saturated carbocycles. The Labute approximate surface area is 179 Å². The van der Waals surface area contributed by atoms with E-state index in [-0.39, 0.29) is 5.69 Å². The van der Waals surface area contributed by atoms with Crippen molar-refractivity contribution in [2.75, 3.05) is 12.1 Å². The van der Waals surface area contributed by atoms with Crippen LogP contribution in [-0.2, 0) is 0 Å². The number of aromatic nitrogens is 2. The lowest BCUT2D eigenvalue weighted by Crippen LogP contribution is -2.13. The maximum absolute atomic E-state index is 10.8. The molecule has 0 bridgehead atoms. The molecule has 0 N–H and O–H groups in total. The number of hydrogen-bond donors (Lipinski definition) is 0. The minimum absolute atomic E-state index is 0.0388. The Morgan fingerprint density at radius 2 is 1.35 bits per heavy atom. The van der Waals surface area contributed by atoms with Crippen molar-refractivity contribution in [3.8, 4) is 22.5 Å². The zero-order chi connectivity index (χ0) is 21.6. The minimum atomic E-state index is -0.429. The normalized spacial score (nSPS) is 10.9. The molecule has 4 rings (SSSR count). The Morgan fingerprint density at radius 3 is 1.84 bits per heavy atom. The monoisotopic (exact) mass is 409 g/mol. The van der Waals surface area contributed by atoms with E-state index in [0.717, 1.165) is 28.1 Å². The van der Waals surface area contributed by atoms with Crippen molar-refractivity contribution in [3.63, 3.8) is 0 Å². The Morgan fingerprint density at radius 1 is 0.839 bits per heavy atom. The molecule has 3 aromatic carbocycles. The smallest absolute Gasteiger partial charge is 0.258 e. The van der Waals surface area contributed by atoms with E-state index in [9.17, 15) is 10.1 Å². The molecule has 0 spiro atoms. The van der Waals surface area contributed by atoms with Gasteiger partial charge in [0.1, 0.15) is 0 Å². The van der Waals surface area contributed by atoms with Crippen molar-refractivity contribution in [2.45, 2.75) is 0 Å². The van der Waals surface area contributed by atoms with Gasteiger partial charge in [-0.3, -0.25) is 10.1 Å². The van der Waals surface area contributed by atoms with Gasteiger partial charge in [-0.1, -0.05) is 60.7 Å². The van der Waals surface area contributed by atoms with Crippen LogP contribution >= 0.6 is 0 Å². The summed E-state index contributed by atoms with van der Waals surface area (Å²) in [5, 5.41) is 16.8. The summed E-state index contributed by atoms with van der Waals surface area (Å²) in [5.74, 6) is 0.443. The highest BCUT2D eigenvalue weighted by Gasteiger charge is 2.11. The molecule has 7 heteroatoms. The molecule has 1 heterocycles. The van der Waals surface area contributed by atoms with Gasteiger partial charge in [0.05, 0.1) is 22.5 Å². The average Bonchev–Trinajstić information content (AvgIpc) is 2.83. The largest absolute Gasteiger partial charge is 0.269 e. The fourth-order valence-electron chi connectivity index (χ4n) is 2.98. The second kappa shape index (κ2) is 8.96. The molecule has 0 saturated heterocycles. The standard InChI is InChI=1S/C24H19N5O2/c1-28(25-17-18-12-14-21(15-13-18)29(30)31)24-26-22(19-8-4-2-5-9-19)16-23(27-24)20-10-6-3-7-11-20/h2-17H,1H3/b25-17-. The number of hydrazone groups is 1. The van der Waals surface area contributed by atoms with E-state index in [0.29, 0.717) is 5.95 Å². The lowest BCUT2D eigenvalue weighted by atomic mass is 10.1. The molecule has 0 aliphatic heterocycles. The van der Waals surface area contributed by atoms with Crippen LogP contribution in [0.2, 0.25) is 0 Å². The van der Waals surface area contributed by atoms with Crippen LogP contribution in [0.15, 0.2) is 96.1 Å². The van der Waals surface area contributed by atoms with Crippen molar-refractivity contribution >= 4 is 17.9 Å². The summed E-state index contributed by atoms with van der Waals surface area (Å²) in [6.07, 6.45) is 1.62. The number of rotatable bonds is 6. The molecule has 0 radical (unpaired) electrons. The second-order valence-corrected chi connectivity index (χ2v) is 6.79. The molecule has 0 atom stereocenters. The first-order valence-corrected chi connectivity index (χ1v) is 9.62. The number of anilines is 1. The van der Waals surface area contributed by atoms with Crippen molar-refractivity contribution in [3.05, 3.63) is 107 Å². The van der Waals surface area contributed by atoms with Crippen molar-refractivity contribution in [1.29, 1.82) is 0 Å². The first-order chi connectivity index (χ1) is 15.1. The van der Waals surface area contributed by atoms with Gasteiger partial charge < -0.3 is 0 Å². The van der Waals surface area contributed by atoms with Crippen LogP contribution in [0.1, 0.15) is 5.56 Å². The van der Waals surface area contributed by atoms with Crippen LogP contribution in [0.5, 0.6) is 0 Å². The number of nitro benzene ring substituents is 1. The predicted octanol–water partition coefficient (Wildman–Crippen LogP) is 5.19. The Kier molecular flexibility index (Phi) is 5.75. The van der Waals surface area contributed by atoms with E-state index in [1.807, 2.05) is 66.7 Å². The summed E-state index contributed by atoms with van der Waals surface area (Å²) in [4.78, 5) is 19.8. The topological polar surface area (TPSA) is 84.5 Å². The lowest BCUT2D eigenvalue weighted by Gasteiger charge is -2.14. The number of nitrogens with zero attached hydrogens (tertiary/aromatic N) is 5. The molecule has 31 heavy (non-hydrogen) atoms. The molecule has 7 nitrogen and oxygen atoms in total. The lowest BCUT2D eigenvalue weighted by molar-refractivity contribution is -0.384. The zero-order valence-electron chi connectivity index (χ0n) is 16.8. The van der Waals surface area contributed by atoms with E-state index in [1.54, 1.807) is 30.4 Å². The predicted molar refractivity (Wildman–Crippen MR) is 122 cm³/mol. The summed E-state index contributed by atoms with van der Waals surface area (Å²) >= 11 is 0. The first-order valence-electron chi connectivity index (χ1n) is 9.62. The fraction of sp³-hybridized carbons (Fsp3) is 0.0417. The van der Waals surface area contributed by atoms with Gasteiger partial charge in [0.15, 0.2) is 0 Å². The van der Waals surface area contributed by atoms with Crippen LogP contribution in [0.3, 0.4) is 0 Å². The van der Waals surface area contributed by atoms with Crippen LogP contribution in [0.25, 0.3) is 22.5 Å². The van der Waals surface area contributed by atoms with Crippen molar-refractivity contribution in [1.82, 2.24) is 9.97 Å². The molecule has 0 fully saturated rings. The quantitative estimate of drug-likeness (QED) is 0.249. The first kappa shape index (κ1) is 19.9. The van der Waals surface area contributed by atoms with Crippen molar-refractivity contribution in [2.24, 2.45) is 5.10 Å². The molecule has 152 valence electrons.